The first-order valence-electron chi connectivity index (χ1n) is 9.72. The molecule has 0 radical (unpaired) electrons. The van der Waals surface area contributed by atoms with Crippen molar-refractivity contribution < 1.29 is 0 Å². The van der Waals surface area contributed by atoms with Gasteiger partial charge in [0.15, 0.2) is 0 Å². The third-order valence-corrected chi connectivity index (χ3v) is 7.57. The van der Waals surface area contributed by atoms with Crippen LogP contribution in [-0.4, -0.2) is 0 Å². The summed E-state index contributed by atoms with van der Waals surface area (Å²) in [7, 11) is 0. The molecule has 0 N–H and O–H groups in total. The Bertz CT molecular complexity index is 756. The highest BCUT2D eigenvalue weighted by atomic mass is 14.6. The van der Waals surface area contributed by atoms with E-state index in [2.05, 4.69) is 62.4 Å². The number of hydrogen-bond donors (Lipinski definition) is 0. The van der Waals surface area contributed by atoms with Crippen molar-refractivity contribution in [3.63, 3.8) is 0 Å². The van der Waals surface area contributed by atoms with Gasteiger partial charge in [-0.05, 0) is 97.3 Å². The Hall–Kier alpha value is -1.56. The standard InChI is InChI=1S/C24H28/c1-17-8-9-22(10-18(17)2)24-14-19-11-20(15-24)13-23(12-19,16-24)21-6-4-3-5-7-21/h3-10,19-20H,11-16H2,1-2H3/t19-,20+,23?,24?. The molecule has 0 heteroatoms. The van der Waals surface area contributed by atoms with Crippen LogP contribution in [-0.2, 0) is 10.8 Å². The Morgan fingerprint density at radius 2 is 1.33 bits per heavy atom. The van der Waals surface area contributed by atoms with Crippen molar-refractivity contribution in [2.75, 3.05) is 0 Å². The van der Waals surface area contributed by atoms with Gasteiger partial charge in [0.25, 0.3) is 0 Å². The van der Waals surface area contributed by atoms with E-state index in [9.17, 15) is 0 Å². The van der Waals surface area contributed by atoms with Gasteiger partial charge in [-0.25, -0.2) is 0 Å². The molecule has 0 saturated heterocycles. The van der Waals surface area contributed by atoms with E-state index < -0.39 is 0 Å². The maximum absolute atomic E-state index is 2.52. The minimum Gasteiger partial charge on any atom is -0.0622 e. The van der Waals surface area contributed by atoms with Crippen molar-refractivity contribution in [1.29, 1.82) is 0 Å². The second kappa shape index (κ2) is 4.97. The molecule has 124 valence electrons. The second-order valence-corrected chi connectivity index (χ2v) is 9.19. The molecule has 4 fully saturated rings. The van der Waals surface area contributed by atoms with E-state index in [0.29, 0.717) is 10.8 Å². The molecule has 2 unspecified atom stereocenters. The van der Waals surface area contributed by atoms with Gasteiger partial charge in [0, 0.05) is 0 Å². The molecule has 0 aromatic heterocycles. The molecule has 4 atom stereocenters. The van der Waals surface area contributed by atoms with Crippen molar-refractivity contribution in [2.24, 2.45) is 11.8 Å². The quantitative estimate of drug-likeness (QED) is 0.628. The smallest absolute Gasteiger partial charge is 0.00331 e. The Morgan fingerprint density at radius 3 is 1.96 bits per heavy atom. The SMILES string of the molecule is Cc1ccc(C23C[C@@H]4C[C@@H](CC(c5ccccc5)(C4)C2)C3)cc1C. The average molecular weight is 316 g/mol. The molecule has 0 aliphatic heterocycles. The molecule has 0 spiro atoms. The number of rotatable bonds is 2. The highest BCUT2D eigenvalue weighted by Gasteiger charge is 2.58. The van der Waals surface area contributed by atoms with Crippen LogP contribution in [0.2, 0.25) is 0 Å². The van der Waals surface area contributed by atoms with Crippen molar-refractivity contribution in [3.8, 4) is 0 Å². The molecule has 4 aliphatic carbocycles. The fourth-order valence-corrected chi connectivity index (χ4v) is 6.80. The molecule has 4 saturated carbocycles. The second-order valence-electron chi connectivity index (χ2n) is 9.19. The Kier molecular flexibility index (Phi) is 3.06. The zero-order chi connectivity index (χ0) is 16.4. The first-order chi connectivity index (χ1) is 11.6. The molecular formula is C24H28. The van der Waals surface area contributed by atoms with E-state index in [-0.39, 0.29) is 0 Å². The lowest BCUT2D eigenvalue weighted by molar-refractivity contribution is -0.0281. The number of benzene rings is 2. The van der Waals surface area contributed by atoms with Gasteiger partial charge in [-0.2, -0.15) is 0 Å². The van der Waals surface area contributed by atoms with E-state index in [1.54, 1.807) is 11.1 Å². The van der Waals surface area contributed by atoms with Crippen LogP contribution in [0.1, 0.15) is 60.8 Å². The molecule has 2 aromatic carbocycles. The summed E-state index contributed by atoms with van der Waals surface area (Å²) >= 11 is 0. The molecule has 4 aliphatic rings. The summed E-state index contributed by atoms with van der Waals surface area (Å²) < 4.78 is 0. The monoisotopic (exact) mass is 316 g/mol. The topological polar surface area (TPSA) is 0 Å². The van der Waals surface area contributed by atoms with Crippen LogP contribution in [0.4, 0.5) is 0 Å². The molecule has 0 amide bonds. The third kappa shape index (κ3) is 2.05. The molecule has 4 bridgehead atoms. The van der Waals surface area contributed by atoms with E-state index in [4.69, 9.17) is 0 Å². The lowest BCUT2D eigenvalue weighted by Crippen LogP contribution is -2.55. The van der Waals surface area contributed by atoms with Gasteiger partial charge in [-0.3, -0.25) is 0 Å². The fourth-order valence-electron chi connectivity index (χ4n) is 6.80. The zero-order valence-corrected chi connectivity index (χ0v) is 15.0. The Morgan fingerprint density at radius 1 is 0.708 bits per heavy atom. The van der Waals surface area contributed by atoms with Crippen LogP contribution in [0.25, 0.3) is 0 Å². The first kappa shape index (κ1) is 14.8. The van der Waals surface area contributed by atoms with E-state index in [0.717, 1.165) is 11.8 Å². The zero-order valence-electron chi connectivity index (χ0n) is 15.0. The van der Waals surface area contributed by atoms with Crippen molar-refractivity contribution in [3.05, 3.63) is 70.8 Å². The highest BCUT2D eigenvalue weighted by molar-refractivity contribution is 5.40. The van der Waals surface area contributed by atoms with Gasteiger partial charge in [0.1, 0.15) is 0 Å². The molecular weight excluding hydrogens is 288 g/mol. The molecule has 6 rings (SSSR count). The summed E-state index contributed by atoms with van der Waals surface area (Å²) in [6.45, 7) is 4.52. The lowest BCUT2D eigenvalue weighted by Gasteiger charge is -2.63. The molecule has 24 heavy (non-hydrogen) atoms. The molecule has 0 heterocycles. The summed E-state index contributed by atoms with van der Waals surface area (Å²) in [6, 6.07) is 18.8. The van der Waals surface area contributed by atoms with Crippen LogP contribution < -0.4 is 0 Å². The van der Waals surface area contributed by atoms with Crippen molar-refractivity contribution >= 4 is 0 Å². The minimum atomic E-state index is 0.443. The van der Waals surface area contributed by atoms with Crippen LogP contribution in [0.5, 0.6) is 0 Å². The summed E-state index contributed by atoms with van der Waals surface area (Å²) in [5, 5.41) is 0. The average Bonchev–Trinajstić information content (AvgIpc) is 2.57. The fraction of sp³-hybridized carbons (Fsp3) is 0.500. The summed E-state index contributed by atoms with van der Waals surface area (Å²) in [5.74, 6) is 1.88. The molecule has 0 nitrogen and oxygen atoms in total. The Labute approximate surface area is 146 Å². The van der Waals surface area contributed by atoms with E-state index in [1.165, 1.54) is 49.7 Å². The molecule has 2 aromatic rings. The normalized spacial score (nSPS) is 36.9. The van der Waals surface area contributed by atoms with Crippen molar-refractivity contribution in [1.82, 2.24) is 0 Å². The van der Waals surface area contributed by atoms with Gasteiger partial charge in [-0.1, -0.05) is 48.5 Å². The van der Waals surface area contributed by atoms with Gasteiger partial charge < -0.3 is 0 Å². The summed E-state index contributed by atoms with van der Waals surface area (Å²) in [6.07, 6.45) is 8.59. The van der Waals surface area contributed by atoms with Gasteiger partial charge in [-0.15, -0.1) is 0 Å². The van der Waals surface area contributed by atoms with Crippen LogP contribution in [0.3, 0.4) is 0 Å². The van der Waals surface area contributed by atoms with Gasteiger partial charge >= 0.3 is 0 Å². The van der Waals surface area contributed by atoms with E-state index >= 15 is 0 Å². The maximum atomic E-state index is 2.52. The van der Waals surface area contributed by atoms with E-state index in [1.807, 2.05) is 0 Å². The van der Waals surface area contributed by atoms with Gasteiger partial charge in [0.2, 0.25) is 0 Å². The van der Waals surface area contributed by atoms with Crippen LogP contribution >= 0.6 is 0 Å². The summed E-state index contributed by atoms with van der Waals surface area (Å²) in [4.78, 5) is 0. The predicted octanol–water partition coefficient (Wildman–Crippen LogP) is 6.09. The number of aryl methyl sites for hydroxylation is 2. The van der Waals surface area contributed by atoms with Crippen LogP contribution in [0, 0.1) is 25.7 Å². The lowest BCUT2D eigenvalue weighted by atomic mass is 9.41. The maximum Gasteiger partial charge on any atom is -0.00331 e. The highest BCUT2D eigenvalue weighted by Crippen LogP contribution is 2.66. The largest absolute Gasteiger partial charge is 0.0622 e. The van der Waals surface area contributed by atoms with Crippen molar-refractivity contribution in [2.45, 2.75) is 63.2 Å². The first-order valence-corrected chi connectivity index (χ1v) is 9.72. The summed E-state index contributed by atoms with van der Waals surface area (Å²) in [5.41, 5.74) is 7.05. The minimum absolute atomic E-state index is 0.443. The Balaban J connectivity index is 1.62. The predicted molar refractivity (Wildman–Crippen MR) is 100 cm³/mol. The number of hydrogen-bond acceptors (Lipinski definition) is 0. The van der Waals surface area contributed by atoms with Gasteiger partial charge in [0.05, 0.1) is 0 Å². The van der Waals surface area contributed by atoms with Crippen LogP contribution in [0.15, 0.2) is 48.5 Å². The third-order valence-electron chi connectivity index (χ3n) is 7.57.